The minimum atomic E-state index is -0.831. The number of likely N-dealkylation sites (N-methyl/N-ethyl adjacent to an activating group) is 1. The first-order valence-corrected chi connectivity index (χ1v) is 9.34. The number of benzene rings is 1. The van der Waals surface area contributed by atoms with E-state index >= 15 is 0 Å². The second-order valence-electron chi connectivity index (χ2n) is 7.54. The number of ether oxygens (including phenoxy) is 1. The average molecular weight is 360 g/mol. The van der Waals surface area contributed by atoms with Gasteiger partial charge in [-0.05, 0) is 30.9 Å². The van der Waals surface area contributed by atoms with Crippen LogP contribution in [0.3, 0.4) is 0 Å². The Morgan fingerprint density at radius 1 is 1.31 bits per heavy atom. The van der Waals surface area contributed by atoms with Crippen molar-refractivity contribution in [3.05, 3.63) is 35.4 Å². The number of nitrogens with zero attached hydrogens (tertiary/aromatic N) is 1. The molecule has 1 aromatic rings. The zero-order valence-corrected chi connectivity index (χ0v) is 15.5. The van der Waals surface area contributed by atoms with Gasteiger partial charge in [-0.1, -0.05) is 43.5 Å². The van der Waals surface area contributed by atoms with E-state index in [-0.39, 0.29) is 25.0 Å². The molecule has 26 heavy (non-hydrogen) atoms. The first-order chi connectivity index (χ1) is 12.4. The molecule has 1 aliphatic heterocycles. The largest absolute Gasteiger partial charge is 0.388 e. The molecule has 1 heterocycles. The summed E-state index contributed by atoms with van der Waals surface area (Å²) < 4.78 is 5.63. The van der Waals surface area contributed by atoms with Crippen molar-refractivity contribution in [2.24, 2.45) is 0 Å². The van der Waals surface area contributed by atoms with E-state index in [0.717, 1.165) is 30.4 Å². The minimum absolute atomic E-state index is 0.110. The van der Waals surface area contributed by atoms with Crippen LogP contribution in [-0.4, -0.2) is 53.7 Å². The van der Waals surface area contributed by atoms with Crippen molar-refractivity contribution in [2.75, 3.05) is 20.2 Å². The maximum absolute atomic E-state index is 12.8. The first-order valence-electron chi connectivity index (χ1n) is 9.34. The number of carbonyl (C=O) groups is 2. The van der Waals surface area contributed by atoms with E-state index in [1.165, 1.54) is 0 Å². The molecule has 3 rings (SSSR count). The van der Waals surface area contributed by atoms with Gasteiger partial charge in [0.1, 0.15) is 6.61 Å². The molecule has 1 saturated carbocycles. The number of morpholine rings is 1. The first kappa shape index (κ1) is 18.9. The molecule has 0 bridgehead atoms. The molecule has 0 radical (unpaired) electrons. The molecule has 1 saturated heterocycles. The summed E-state index contributed by atoms with van der Waals surface area (Å²) in [6, 6.07) is 7.24. The van der Waals surface area contributed by atoms with Crippen LogP contribution in [-0.2, 0) is 14.3 Å². The predicted molar refractivity (Wildman–Crippen MR) is 97.5 cm³/mol. The normalized spacial score (nSPS) is 25.8. The van der Waals surface area contributed by atoms with Crippen LogP contribution in [0.2, 0.25) is 0 Å². The van der Waals surface area contributed by atoms with Crippen molar-refractivity contribution in [1.82, 2.24) is 10.2 Å². The second-order valence-corrected chi connectivity index (χ2v) is 7.54. The highest BCUT2D eigenvalue weighted by Crippen LogP contribution is 2.32. The lowest BCUT2D eigenvalue weighted by molar-refractivity contribution is -0.162. The predicted octanol–water partition coefficient (Wildman–Crippen LogP) is 1.70. The van der Waals surface area contributed by atoms with E-state index in [1.807, 2.05) is 31.2 Å². The summed E-state index contributed by atoms with van der Waals surface area (Å²) >= 11 is 0. The molecule has 2 amide bonds. The monoisotopic (exact) mass is 360 g/mol. The Balaban J connectivity index is 1.76. The molecule has 0 unspecified atom stereocenters. The molecule has 2 N–H and O–H groups in total. The smallest absolute Gasteiger partial charge is 0.251 e. The summed E-state index contributed by atoms with van der Waals surface area (Å²) in [5.74, 6) is -0.426. The summed E-state index contributed by atoms with van der Waals surface area (Å²) in [5.41, 5.74) is 1.08. The lowest BCUT2D eigenvalue weighted by Crippen LogP contribution is -2.55. The molecule has 1 aliphatic carbocycles. The number of nitrogens with one attached hydrogen (secondary N) is 1. The summed E-state index contributed by atoms with van der Waals surface area (Å²) in [5, 5.41) is 13.5. The number of rotatable bonds is 4. The van der Waals surface area contributed by atoms with Gasteiger partial charge < -0.3 is 20.1 Å². The number of aliphatic hydroxyl groups is 1. The maximum Gasteiger partial charge on any atom is 0.251 e. The van der Waals surface area contributed by atoms with E-state index in [2.05, 4.69) is 5.32 Å². The Hall–Kier alpha value is -1.92. The van der Waals surface area contributed by atoms with E-state index in [9.17, 15) is 14.7 Å². The Kier molecular flexibility index (Phi) is 5.63. The maximum atomic E-state index is 12.8. The van der Waals surface area contributed by atoms with Crippen LogP contribution in [0, 0.1) is 6.92 Å². The number of carbonyl (C=O) groups excluding carboxylic acids is 2. The molecule has 6 nitrogen and oxygen atoms in total. The highest BCUT2D eigenvalue weighted by molar-refractivity contribution is 5.86. The van der Waals surface area contributed by atoms with Gasteiger partial charge >= 0.3 is 0 Å². The highest BCUT2D eigenvalue weighted by atomic mass is 16.5. The number of hydrogen-bond donors (Lipinski definition) is 2. The second kappa shape index (κ2) is 7.76. The number of hydrogen-bond acceptors (Lipinski definition) is 4. The lowest BCUT2D eigenvalue weighted by atomic mass is 9.85. The Morgan fingerprint density at radius 3 is 2.69 bits per heavy atom. The van der Waals surface area contributed by atoms with E-state index in [4.69, 9.17) is 4.74 Å². The van der Waals surface area contributed by atoms with Crippen LogP contribution in [0.5, 0.6) is 0 Å². The van der Waals surface area contributed by atoms with Crippen LogP contribution >= 0.6 is 0 Å². The summed E-state index contributed by atoms with van der Waals surface area (Å²) in [7, 11) is 1.71. The quantitative estimate of drug-likeness (QED) is 0.857. The summed E-state index contributed by atoms with van der Waals surface area (Å²) in [6.45, 7) is 2.08. The van der Waals surface area contributed by atoms with Gasteiger partial charge in [-0.3, -0.25) is 9.59 Å². The molecular formula is C20H28N2O4. The van der Waals surface area contributed by atoms with Crippen LogP contribution in [0.15, 0.2) is 24.3 Å². The fourth-order valence-electron chi connectivity index (χ4n) is 3.96. The van der Waals surface area contributed by atoms with Gasteiger partial charge in [0.15, 0.2) is 6.10 Å². The molecule has 142 valence electrons. The molecule has 1 aromatic carbocycles. The molecule has 2 fully saturated rings. The number of amides is 2. The van der Waals surface area contributed by atoms with Crippen LogP contribution in [0.4, 0.5) is 0 Å². The molecule has 2 aliphatic rings. The zero-order chi connectivity index (χ0) is 18.7. The van der Waals surface area contributed by atoms with Gasteiger partial charge in [-0.2, -0.15) is 0 Å². The van der Waals surface area contributed by atoms with Gasteiger partial charge in [0.2, 0.25) is 5.91 Å². The van der Waals surface area contributed by atoms with Gasteiger partial charge in [-0.15, -0.1) is 0 Å². The third-order valence-corrected chi connectivity index (χ3v) is 5.63. The lowest BCUT2D eigenvalue weighted by Gasteiger charge is -2.39. The van der Waals surface area contributed by atoms with Crippen LogP contribution in [0.1, 0.15) is 49.3 Å². The standard InChI is InChI=1S/C20H28N2O4/c1-14-8-4-5-9-15(14)17-18(26-12-16(23)22(17)2)19(24)21-13-20(25)10-6-3-7-11-20/h4-5,8-9,17-18,25H,3,6-7,10-13H2,1-2H3,(H,21,24)/t17-,18+/m1/s1. The van der Waals surface area contributed by atoms with Crippen molar-refractivity contribution in [2.45, 2.75) is 56.8 Å². The third kappa shape index (κ3) is 3.91. The Bertz CT molecular complexity index is 670. The molecule has 0 spiro atoms. The summed E-state index contributed by atoms with van der Waals surface area (Å²) in [4.78, 5) is 26.6. The topological polar surface area (TPSA) is 78.9 Å². The fraction of sp³-hybridized carbons (Fsp3) is 0.600. The molecule has 0 aromatic heterocycles. The molecule has 6 heteroatoms. The molecule has 2 atom stereocenters. The van der Waals surface area contributed by atoms with E-state index in [1.54, 1.807) is 11.9 Å². The average Bonchev–Trinajstić information content (AvgIpc) is 2.63. The minimum Gasteiger partial charge on any atom is -0.388 e. The Labute approximate surface area is 154 Å². The van der Waals surface area contributed by atoms with Crippen molar-refractivity contribution >= 4 is 11.8 Å². The Morgan fingerprint density at radius 2 is 2.00 bits per heavy atom. The van der Waals surface area contributed by atoms with Crippen LogP contribution < -0.4 is 5.32 Å². The van der Waals surface area contributed by atoms with E-state index in [0.29, 0.717) is 12.8 Å². The number of aryl methyl sites for hydroxylation is 1. The van der Waals surface area contributed by atoms with Crippen molar-refractivity contribution in [3.8, 4) is 0 Å². The third-order valence-electron chi connectivity index (χ3n) is 5.63. The van der Waals surface area contributed by atoms with Crippen molar-refractivity contribution in [1.29, 1.82) is 0 Å². The highest BCUT2D eigenvalue weighted by Gasteiger charge is 2.41. The SMILES string of the molecule is Cc1ccccc1[C@@H]1[C@@H](C(=O)NCC2(O)CCCCC2)OCC(=O)N1C. The van der Waals surface area contributed by atoms with Gasteiger partial charge in [0.05, 0.1) is 11.6 Å². The fourth-order valence-corrected chi connectivity index (χ4v) is 3.96. The molecular weight excluding hydrogens is 332 g/mol. The van der Waals surface area contributed by atoms with Crippen molar-refractivity contribution < 1.29 is 19.4 Å². The van der Waals surface area contributed by atoms with Gasteiger partial charge in [-0.25, -0.2) is 0 Å². The van der Waals surface area contributed by atoms with Gasteiger partial charge in [0.25, 0.3) is 5.91 Å². The summed E-state index contributed by atoms with van der Waals surface area (Å²) in [6.07, 6.45) is 3.72. The zero-order valence-electron chi connectivity index (χ0n) is 15.5. The van der Waals surface area contributed by atoms with Gasteiger partial charge in [0, 0.05) is 13.6 Å². The van der Waals surface area contributed by atoms with Crippen molar-refractivity contribution in [3.63, 3.8) is 0 Å². The van der Waals surface area contributed by atoms with Crippen LogP contribution in [0.25, 0.3) is 0 Å². The van der Waals surface area contributed by atoms with E-state index < -0.39 is 17.7 Å².